The van der Waals surface area contributed by atoms with E-state index in [0.29, 0.717) is 10.5 Å². The van der Waals surface area contributed by atoms with Crippen LogP contribution in [0.2, 0.25) is 0 Å². The van der Waals surface area contributed by atoms with Crippen molar-refractivity contribution in [3.8, 4) is 44.5 Å². The van der Waals surface area contributed by atoms with Gasteiger partial charge in [0, 0.05) is 30.1 Å². The van der Waals surface area contributed by atoms with Gasteiger partial charge in [0.15, 0.2) is 0 Å². The first-order valence-electron chi connectivity index (χ1n) is 15.5. The predicted octanol–water partition coefficient (Wildman–Crippen LogP) is 13.5. The molecule has 0 N–H and O–H groups in total. The molecule has 6 aromatic rings. The Hall–Kier alpha value is -3.63. The Morgan fingerprint density at radius 1 is 0.267 bits per heavy atom. The monoisotopic (exact) mass is 638 g/mol. The fourth-order valence-electron chi connectivity index (χ4n) is 5.27. The molecular formula is C42H38S3. The van der Waals surface area contributed by atoms with Crippen LogP contribution in [0.25, 0.3) is 44.5 Å². The van der Waals surface area contributed by atoms with E-state index in [1.807, 2.05) is 23.5 Å². The molecule has 6 aromatic carbocycles. The highest BCUT2D eigenvalue weighted by Crippen LogP contribution is 2.34. The SMILES string of the molecule is CC(C)Sc1ccc(-c2ccc(-c3ccc(Sc4ccc(-c5ccc(-c6ccc(SC(C)C)cc6)cc5)cc4)cc3)cc2)cc1. The van der Waals surface area contributed by atoms with Gasteiger partial charge in [0.2, 0.25) is 0 Å². The van der Waals surface area contributed by atoms with Gasteiger partial charge in [-0.15, -0.1) is 23.5 Å². The van der Waals surface area contributed by atoms with Crippen molar-refractivity contribution in [2.75, 3.05) is 0 Å². The molecule has 0 aliphatic carbocycles. The Kier molecular flexibility index (Phi) is 10.2. The first-order valence-corrected chi connectivity index (χ1v) is 18.1. The van der Waals surface area contributed by atoms with Crippen LogP contribution in [-0.2, 0) is 0 Å². The van der Waals surface area contributed by atoms with Gasteiger partial charge < -0.3 is 0 Å². The van der Waals surface area contributed by atoms with Gasteiger partial charge in [-0.05, 0) is 93.0 Å². The third-order valence-corrected chi connectivity index (χ3v) is 10.5. The summed E-state index contributed by atoms with van der Waals surface area (Å²) in [5, 5.41) is 1.19. The van der Waals surface area contributed by atoms with Crippen molar-refractivity contribution in [3.05, 3.63) is 146 Å². The molecule has 0 fully saturated rings. The smallest absolute Gasteiger partial charge is 0.0122 e. The topological polar surface area (TPSA) is 0 Å². The van der Waals surface area contributed by atoms with E-state index in [2.05, 4.69) is 173 Å². The summed E-state index contributed by atoms with van der Waals surface area (Å²) in [6, 6.07) is 53.4. The Balaban J connectivity index is 1.06. The second-order valence-corrected chi connectivity index (χ2v) is 16.1. The number of thioether (sulfide) groups is 2. The first-order chi connectivity index (χ1) is 21.9. The van der Waals surface area contributed by atoms with Crippen LogP contribution in [0.5, 0.6) is 0 Å². The van der Waals surface area contributed by atoms with E-state index in [1.54, 1.807) is 11.8 Å². The molecule has 224 valence electrons. The van der Waals surface area contributed by atoms with E-state index in [-0.39, 0.29) is 0 Å². The standard InChI is InChI=1S/C42H38S3/c1-29(2)43-39-21-13-35(14-22-39)31-5-9-33(10-6-31)37-17-25-41(26-18-37)45-42-27-19-38(20-28-42)34-11-7-32(8-12-34)36-15-23-40(24-16-36)44-30(3)4/h5-30H,1-4H3. The average molecular weight is 639 g/mol. The summed E-state index contributed by atoms with van der Waals surface area (Å²) in [7, 11) is 0. The lowest BCUT2D eigenvalue weighted by atomic mass is 10.0. The molecule has 6 rings (SSSR count). The fraction of sp³-hybridized carbons (Fsp3) is 0.143. The minimum Gasteiger partial charge on any atom is -0.123 e. The maximum absolute atomic E-state index is 2.23. The molecule has 0 aliphatic rings. The van der Waals surface area contributed by atoms with Gasteiger partial charge in [0.05, 0.1) is 0 Å². The average Bonchev–Trinajstić information content (AvgIpc) is 3.06. The molecule has 0 amide bonds. The molecule has 0 spiro atoms. The maximum Gasteiger partial charge on any atom is 0.0122 e. The molecule has 0 bridgehead atoms. The Morgan fingerprint density at radius 3 is 0.644 bits per heavy atom. The quantitative estimate of drug-likeness (QED) is 0.137. The molecular weight excluding hydrogens is 601 g/mol. The highest BCUT2D eigenvalue weighted by atomic mass is 32.2. The van der Waals surface area contributed by atoms with Crippen LogP contribution in [0.1, 0.15) is 27.7 Å². The molecule has 0 aliphatic heterocycles. The second-order valence-electron chi connectivity index (χ2n) is 11.7. The Bertz CT molecular complexity index is 1660. The molecule has 0 nitrogen and oxygen atoms in total. The number of rotatable bonds is 10. The summed E-state index contributed by atoms with van der Waals surface area (Å²) in [6.45, 7) is 8.92. The summed E-state index contributed by atoms with van der Waals surface area (Å²) in [5.41, 5.74) is 9.95. The van der Waals surface area contributed by atoms with Crippen LogP contribution in [0, 0.1) is 0 Å². The van der Waals surface area contributed by atoms with Gasteiger partial charge in [-0.3, -0.25) is 0 Å². The van der Waals surface area contributed by atoms with Crippen molar-refractivity contribution in [2.24, 2.45) is 0 Å². The Labute approximate surface area is 281 Å². The van der Waals surface area contributed by atoms with Gasteiger partial charge in [-0.2, -0.15) is 0 Å². The summed E-state index contributed by atoms with van der Waals surface area (Å²) in [4.78, 5) is 5.13. The van der Waals surface area contributed by atoms with Crippen molar-refractivity contribution < 1.29 is 0 Å². The van der Waals surface area contributed by atoms with E-state index >= 15 is 0 Å². The van der Waals surface area contributed by atoms with E-state index in [4.69, 9.17) is 0 Å². The minimum absolute atomic E-state index is 0.595. The number of benzene rings is 6. The van der Waals surface area contributed by atoms with E-state index in [9.17, 15) is 0 Å². The van der Waals surface area contributed by atoms with Crippen LogP contribution in [0.4, 0.5) is 0 Å². The van der Waals surface area contributed by atoms with Crippen LogP contribution < -0.4 is 0 Å². The van der Waals surface area contributed by atoms with Crippen molar-refractivity contribution in [1.82, 2.24) is 0 Å². The molecule has 0 atom stereocenters. The Morgan fingerprint density at radius 2 is 0.444 bits per heavy atom. The van der Waals surface area contributed by atoms with Gasteiger partial charge in [-0.1, -0.05) is 137 Å². The van der Waals surface area contributed by atoms with Crippen LogP contribution >= 0.6 is 35.3 Å². The summed E-state index contributed by atoms with van der Waals surface area (Å²) >= 11 is 5.60. The summed E-state index contributed by atoms with van der Waals surface area (Å²) < 4.78 is 0. The molecule has 0 heterocycles. The van der Waals surface area contributed by atoms with Gasteiger partial charge in [0.25, 0.3) is 0 Å². The summed E-state index contributed by atoms with van der Waals surface area (Å²) in [5.74, 6) is 0. The normalized spacial score (nSPS) is 11.3. The molecule has 0 saturated carbocycles. The van der Waals surface area contributed by atoms with Gasteiger partial charge >= 0.3 is 0 Å². The van der Waals surface area contributed by atoms with Crippen LogP contribution in [-0.4, -0.2) is 10.5 Å². The molecule has 0 unspecified atom stereocenters. The fourth-order valence-corrected chi connectivity index (χ4v) is 7.77. The number of hydrogen-bond acceptors (Lipinski definition) is 3. The molecule has 0 radical (unpaired) electrons. The highest BCUT2D eigenvalue weighted by molar-refractivity contribution is 8.00. The first kappa shape index (κ1) is 31.4. The summed E-state index contributed by atoms with van der Waals surface area (Å²) in [6.07, 6.45) is 0. The van der Waals surface area contributed by atoms with Crippen LogP contribution in [0.3, 0.4) is 0 Å². The minimum atomic E-state index is 0.595. The zero-order chi connectivity index (χ0) is 31.2. The highest BCUT2D eigenvalue weighted by Gasteiger charge is 2.06. The lowest BCUT2D eigenvalue weighted by Gasteiger charge is -2.09. The molecule has 3 heteroatoms. The van der Waals surface area contributed by atoms with E-state index in [1.165, 1.54) is 64.1 Å². The largest absolute Gasteiger partial charge is 0.123 e. The lowest BCUT2D eigenvalue weighted by molar-refractivity contribution is 1.11. The van der Waals surface area contributed by atoms with Crippen molar-refractivity contribution in [3.63, 3.8) is 0 Å². The third-order valence-electron chi connectivity index (χ3n) is 7.50. The van der Waals surface area contributed by atoms with Crippen molar-refractivity contribution in [2.45, 2.75) is 57.8 Å². The van der Waals surface area contributed by atoms with E-state index in [0.717, 1.165) is 0 Å². The van der Waals surface area contributed by atoms with Crippen LogP contribution in [0.15, 0.2) is 165 Å². The van der Waals surface area contributed by atoms with Gasteiger partial charge in [-0.25, -0.2) is 0 Å². The molecule has 0 aromatic heterocycles. The van der Waals surface area contributed by atoms with Gasteiger partial charge in [0.1, 0.15) is 0 Å². The zero-order valence-corrected chi connectivity index (χ0v) is 28.7. The molecule has 45 heavy (non-hydrogen) atoms. The van der Waals surface area contributed by atoms with Crippen molar-refractivity contribution in [1.29, 1.82) is 0 Å². The third kappa shape index (κ3) is 8.35. The lowest BCUT2D eigenvalue weighted by Crippen LogP contribution is -1.86. The second kappa shape index (κ2) is 14.6. The van der Waals surface area contributed by atoms with Crippen molar-refractivity contribution >= 4 is 35.3 Å². The predicted molar refractivity (Wildman–Crippen MR) is 201 cm³/mol. The zero-order valence-electron chi connectivity index (χ0n) is 26.2. The van der Waals surface area contributed by atoms with E-state index < -0.39 is 0 Å². The number of hydrogen-bond donors (Lipinski definition) is 0. The maximum atomic E-state index is 2.23. The molecule has 0 saturated heterocycles.